The Labute approximate surface area is 98.8 Å². The molecule has 2 nitrogen and oxygen atoms in total. The van der Waals surface area contributed by atoms with Gasteiger partial charge in [0.25, 0.3) is 0 Å². The van der Waals surface area contributed by atoms with Crippen LogP contribution in [0.2, 0.25) is 0 Å². The Balaban J connectivity index is 2.66. The van der Waals surface area contributed by atoms with Crippen molar-refractivity contribution in [2.24, 2.45) is 0 Å². The maximum Gasteiger partial charge on any atom is 0.416 e. The van der Waals surface area contributed by atoms with Crippen molar-refractivity contribution < 1.29 is 17.9 Å². The number of hydrogen-bond donors (Lipinski definition) is 1. The van der Waals surface area contributed by atoms with Crippen molar-refractivity contribution >= 4 is 5.69 Å². The highest BCUT2D eigenvalue weighted by Gasteiger charge is 2.30. The molecule has 0 amide bonds. The minimum atomic E-state index is -4.30. The van der Waals surface area contributed by atoms with Crippen LogP contribution in [0.1, 0.15) is 19.4 Å². The summed E-state index contributed by atoms with van der Waals surface area (Å²) in [6.45, 7) is 4.79. The molecule has 0 fully saturated rings. The summed E-state index contributed by atoms with van der Waals surface area (Å²) in [6.07, 6.45) is -4.30. The molecule has 0 heterocycles. The Morgan fingerprint density at radius 1 is 1.35 bits per heavy atom. The van der Waals surface area contributed by atoms with Gasteiger partial charge in [-0.2, -0.15) is 13.2 Å². The van der Waals surface area contributed by atoms with Crippen LogP contribution >= 0.6 is 0 Å². The van der Waals surface area contributed by atoms with E-state index in [4.69, 9.17) is 4.74 Å². The van der Waals surface area contributed by atoms with Crippen molar-refractivity contribution in [1.29, 1.82) is 0 Å². The van der Waals surface area contributed by atoms with Crippen molar-refractivity contribution in [1.82, 2.24) is 0 Å². The second-order valence-electron chi connectivity index (χ2n) is 3.78. The van der Waals surface area contributed by atoms with Gasteiger partial charge in [-0.25, -0.2) is 0 Å². The van der Waals surface area contributed by atoms with Gasteiger partial charge in [0.1, 0.15) is 0 Å². The Hall–Kier alpha value is -1.23. The van der Waals surface area contributed by atoms with E-state index >= 15 is 0 Å². The van der Waals surface area contributed by atoms with Crippen LogP contribution in [0, 0.1) is 0 Å². The standard InChI is InChI=1S/C12H16F3NO/c1-3-17-8-9(2)16-11-6-4-5-10(7-11)12(13,14)15/h4-7,9,16H,3,8H2,1-2H3. The highest BCUT2D eigenvalue weighted by Crippen LogP contribution is 2.30. The Morgan fingerprint density at radius 2 is 2.06 bits per heavy atom. The molecule has 0 spiro atoms. The van der Waals surface area contributed by atoms with Crippen molar-refractivity contribution in [3.05, 3.63) is 29.8 Å². The molecule has 0 aliphatic carbocycles. The third-order valence-corrected chi connectivity index (χ3v) is 2.17. The van der Waals surface area contributed by atoms with Crippen molar-refractivity contribution in [2.75, 3.05) is 18.5 Å². The van der Waals surface area contributed by atoms with E-state index in [2.05, 4.69) is 5.32 Å². The lowest BCUT2D eigenvalue weighted by atomic mass is 10.2. The lowest BCUT2D eigenvalue weighted by molar-refractivity contribution is -0.137. The molecule has 1 N–H and O–H groups in total. The molecule has 1 atom stereocenters. The normalized spacial score (nSPS) is 13.5. The molecule has 0 bridgehead atoms. The molecule has 5 heteroatoms. The van der Waals surface area contributed by atoms with Crippen LogP contribution in [-0.2, 0) is 10.9 Å². The number of ether oxygens (including phenoxy) is 1. The first-order valence-corrected chi connectivity index (χ1v) is 5.45. The van der Waals surface area contributed by atoms with Crippen LogP contribution < -0.4 is 5.32 Å². The van der Waals surface area contributed by atoms with Crippen molar-refractivity contribution in [3.63, 3.8) is 0 Å². The lowest BCUT2D eigenvalue weighted by Crippen LogP contribution is -2.21. The maximum atomic E-state index is 12.5. The van der Waals surface area contributed by atoms with E-state index in [1.165, 1.54) is 6.07 Å². The van der Waals surface area contributed by atoms with Crippen LogP contribution in [-0.4, -0.2) is 19.3 Å². The Kier molecular flexibility index (Phi) is 4.81. The average molecular weight is 247 g/mol. The highest BCUT2D eigenvalue weighted by molar-refractivity contribution is 5.47. The summed E-state index contributed by atoms with van der Waals surface area (Å²) in [5.74, 6) is 0. The zero-order valence-electron chi connectivity index (χ0n) is 9.84. The Bertz CT molecular complexity index is 352. The van der Waals surface area contributed by atoms with E-state index in [9.17, 15) is 13.2 Å². The molecule has 96 valence electrons. The molecule has 1 unspecified atom stereocenters. The van der Waals surface area contributed by atoms with Gasteiger partial charge in [-0.3, -0.25) is 0 Å². The SMILES string of the molecule is CCOCC(C)Nc1cccc(C(F)(F)F)c1. The maximum absolute atomic E-state index is 12.5. The molecule has 0 saturated carbocycles. The predicted molar refractivity (Wildman–Crippen MR) is 61.0 cm³/mol. The summed E-state index contributed by atoms with van der Waals surface area (Å²) in [5.41, 5.74) is -0.196. The molecular weight excluding hydrogens is 231 g/mol. The Morgan fingerprint density at radius 3 is 2.65 bits per heavy atom. The number of benzene rings is 1. The monoisotopic (exact) mass is 247 g/mol. The summed E-state index contributed by atoms with van der Waals surface area (Å²) in [6, 6.07) is 5.12. The van der Waals surface area contributed by atoms with E-state index in [1.807, 2.05) is 13.8 Å². The van der Waals surface area contributed by atoms with Gasteiger partial charge in [0.15, 0.2) is 0 Å². The highest BCUT2D eigenvalue weighted by atomic mass is 19.4. The van der Waals surface area contributed by atoms with E-state index in [0.29, 0.717) is 18.9 Å². The molecule has 17 heavy (non-hydrogen) atoms. The first kappa shape index (κ1) is 13.8. The topological polar surface area (TPSA) is 21.3 Å². The predicted octanol–water partition coefficient (Wildman–Crippen LogP) is 3.54. The fourth-order valence-corrected chi connectivity index (χ4v) is 1.41. The zero-order chi connectivity index (χ0) is 12.9. The van der Waals surface area contributed by atoms with Gasteiger partial charge in [-0.1, -0.05) is 6.07 Å². The molecule has 0 radical (unpaired) electrons. The van der Waals surface area contributed by atoms with E-state index in [0.717, 1.165) is 12.1 Å². The number of rotatable bonds is 5. The average Bonchev–Trinajstić information content (AvgIpc) is 2.25. The fourth-order valence-electron chi connectivity index (χ4n) is 1.41. The van der Waals surface area contributed by atoms with Crippen LogP contribution in [0.5, 0.6) is 0 Å². The summed E-state index contributed by atoms with van der Waals surface area (Å²) < 4.78 is 42.5. The molecule has 1 aromatic carbocycles. The summed E-state index contributed by atoms with van der Waals surface area (Å²) in [5, 5.41) is 2.96. The molecule has 0 aliphatic heterocycles. The van der Waals surface area contributed by atoms with Gasteiger partial charge in [-0.15, -0.1) is 0 Å². The smallest absolute Gasteiger partial charge is 0.380 e. The van der Waals surface area contributed by atoms with E-state index in [1.54, 1.807) is 6.07 Å². The second kappa shape index (κ2) is 5.91. The number of halogens is 3. The lowest BCUT2D eigenvalue weighted by Gasteiger charge is -2.16. The van der Waals surface area contributed by atoms with Gasteiger partial charge in [-0.05, 0) is 32.0 Å². The minimum absolute atomic E-state index is 0.0292. The first-order chi connectivity index (χ1) is 7.93. The molecule has 1 aromatic rings. The van der Waals surface area contributed by atoms with Gasteiger partial charge < -0.3 is 10.1 Å². The van der Waals surface area contributed by atoms with Crippen molar-refractivity contribution in [2.45, 2.75) is 26.1 Å². The van der Waals surface area contributed by atoms with Crippen molar-refractivity contribution in [3.8, 4) is 0 Å². The number of hydrogen-bond acceptors (Lipinski definition) is 2. The quantitative estimate of drug-likeness (QED) is 0.859. The zero-order valence-corrected chi connectivity index (χ0v) is 9.84. The molecule has 0 saturated heterocycles. The summed E-state index contributed by atoms with van der Waals surface area (Å²) in [7, 11) is 0. The van der Waals surface area contributed by atoms with E-state index < -0.39 is 11.7 Å². The third kappa shape index (κ3) is 4.65. The van der Waals surface area contributed by atoms with E-state index in [-0.39, 0.29) is 6.04 Å². The van der Waals surface area contributed by atoms with Crippen LogP contribution in [0.15, 0.2) is 24.3 Å². The molecular formula is C12H16F3NO. The molecule has 0 aliphatic rings. The van der Waals surface area contributed by atoms with Crippen LogP contribution in [0.4, 0.5) is 18.9 Å². The second-order valence-corrected chi connectivity index (χ2v) is 3.78. The van der Waals surface area contributed by atoms with Gasteiger partial charge in [0.05, 0.1) is 12.2 Å². The minimum Gasteiger partial charge on any atom is -0.380 e. The van der Waals surface area contributed by atoms with Gasteiger partial charge in [0, 0.05) is 18.3 Å². The largest absolute Gasteiger partial charge is 0.416 e. The van der Waals surface area contributed by atoms with Crippen LogP contribution in [0.3, 0.4) is 0 Å². The number of anilines is 1. The summed E-state index contributed by atoms with van der Waals surface area (Å²) >= 11 is 0. The van der Waals surface area contributed by atoms with Gasteiger partial charge in [0.2, 0.25) is 0 Å². The fraction of sp³-hybridized carbons (Fsp3) is 0.500. The van der Waals surface area contributed by atoms with Gasteiger partial charge >= 0.3 is 6.18 Å². The molecule has 0 aromatic heterocycles. The van der Waals surface area contributed by atoms with Crippen LogP contribution in [0.25, 0.3) is 0 Å². The molecule has 1 rings (SSSR count). The number of alkyl halides is 3. The first-order valence-electron chi connectivity index (χ1n) is 5.45. The summed E-state index contributed by atoms with van der Waals surface area (Å²) in [4.78, 5) is 0. The third-order valence-electron chi connectivity index (χ3n) is 2.17. The number of nitrogens with one attached hydrogen (secondary N) is 1.